The molecule has 0 heterocycles. The SMILES string of the molecule is C=CC(N)C(CC)c1ccc(F)cc1. The van der Waals surface area contributed by atoms with Crippen LogP contribution in [0.4, 0.5) is 4.39 Å². The molecule has 0 aromatic heterocycles. The smallest absolute Gasteiger partial charge is 0.123 e. The third kappa shape index (κ3) is 2.42. The molecule has 1 nitrogen and oxygen atoms in total. The summed E-state index contributed by atoms with van der Waals surface area (Å²) in [5, 5.41) is 0. The van der Waals surface area contributed by atoms with Gasteiger partial charge in [-0.2, -0.15) is 0 Å². The summed E-state index contributed by atoms with van der Waals surface area (Å²) in [5.41, 5.74) is 6.96. The van der Waals surface area contributed by atoms with E-state index < -0.39 is 0 Å². The lowest BCUT2D eigenvalue weighted by Crippen LogP contribution is -2.25. The second-order valence-corrected chi connectivity index (χ2v) is 3.38. The molecule has 2 unspecified atom stereocenters. The molecular formula is C12H16FN. The molecule has 0 aliphatic rings. The van der Waals surface area contributed by atoms with Crippen molar-refractivity contribution in [2.75, 3.05) is 0 Å². The first kappa shape index (κ1) is 10.9. The van der Waals surface area contributed by atoms with Gasteiger partial charge in [-0.3, -0.25) is 0 Å². The topological polar surface area (TPSA) is 26.0 Å². The van der Waals surface area contributed by atoms with Crippen LogP contribution >= 0.6 is 0 Å². The summed E-state index contributed by atoms with van der Waals surface area (Å²) in [6.07, 6.45) is 2.66. The van der Waals surface area contributed by atoms with Crippen molar-refractivity contribution in [1.29, 1.82) is 0 Å². The standard InChI is InChI=1S/C12H16FN/c1-3-11(12(14)4-2)9-5-7-10(13)8-6-9/h4-8,11-12H,2-3,14H2,1H3. The van der Waals surface area contributed by atoms with Crippen LogP contribution in [0, 0.1) is 5.82 Å². The van der Waals surface area contributed by atoms with Gasteiger partial charge in [-0.1, -0.05) is 25.1 Å². The predicted octanol–water partition coefficient (Wildman–Crippen LogP) is 2.83. The van der Waals surface area contributed by atoms with E-state index in [1.165, 1.54) is 12.1 Å². The van der Waals surface area contributed by atoms with E-state index in [2.05, 4.69) is 13.5 Å². The first-order valence-corrected chi connectivity index (χ1v) is 4.82. The Hall–Kier alpha value is -1.15. The Labute approximate surface area is 84.4 Å². The molecule has 0 saturated carbocycles. The maximum absolute atomic E-state index is 12.7. The second kappa shape index (κ2) is 4.91. The average Bonchev–Trinajstić information content (AvgIpc) is 2.21. The van der Waals surface area contributed by atoms with Gasteiger partial charge in [0.05, 0.1) is 0 Å². The molecule has 14 heavy (non-hydrogen) atoms. The zero-order valence-corrected chi connectivity index (χ0v) is 8.41. The first-order valence-electron chi connectivity index (χ1n) is 4.82. The zero-order valence-electron chi connectivity index (χ0n) is 8.41. The molecule has 76 valence electrons. The van der Waals surface area contributed by atoms with Crippen LogP contribution in [0.2, 0.25) is 0 Å². The van der Waals surface area contributed by atoms with Gasteiger partial charge < -0.3 is 5.73 Å². The van der Waals surface area contributed by atoms with Crippen molar-refractivity contribution < 1.29 is 4.39 Å². The van der Waals surface area contributed by atoms with E-state index in [-0.39, 0.29) is 17.8 Å². The summed E-state index contributed by atoms with van der Waals surface area (Å²) in [6.45, 7) is 5.74. The summed E-state index contributed by atoms with van der Waals surface area (Å²) in [6, 6.07) is 6.44. The van der Waals surface area contributed by atoms with Gasteiger partial charge in [0.15, 0.2) is 0 Å². The molecule has 1 aromatic carbocycles. The quantitative estimate of drug-likeness (QED) is 0.731. The van der Waals surface area contributed by atoms with Crippen molar-refractivity contribution >= 4 is 0 Å². The van der Waals surface area contributed by atoms with E-state index in [4.69, 9.17) is 5.73 Å². The fourth-order valence-corrected chi connectivity index (χ4v) is 1.60. The van der Waals surface area contributed by atoms with E-state index >= 15 is 0 Å². The Morgan fingerprint density at radius 3 is 2.43 bits per heavy atom. The number of halogens is 1. The lowest BCUT2D eigenvalue weighted by atomic mass is 9.90. The lowest BCUT2D eigenvalue weighted by Gasteiger charge is -2.19. The fraction of sp³-hybridized carbons (Fsp3) is 0.333. The van der Waals surface area contributed by atoms with Crippen LogP contribution < -0.4 is 5.73 Å². The van der Waals surface area contributed by atoms with Crippen LogP contribution in [0.15, 0.2) is 36.9 Å². The second-order valence-electron chi connectivity index (χ2n) is 3.38. The molecule has 0 saturated heterocycles. The minimum atomic E-state index is -0.212. The van der Waals surface area contributed by atoms with Crippen LogP contribution in [0.25, 0.3) is 0 Å². The molecule has 0 amide bonds. The maximum atomic E-state index is 12.7. The molecule has 0 radical (unpaired) electrons. The molecule has 0 fully saturated rings. The highest BCUT2D eigenvalue weighted by Gasteiger charge is 2.14. The normalized spacial score (nSPS) is 14.8. The van der Waals surface area contributed by atoms with Crippen LogP contribution in [0.5, 0.6) is 0 Å². The first-order chi connectivity index (χ1) is 6.69. The number of hydrogen-bond donors (Lipinski definition) is 1. The van der Waals surface area contributed by atoms with Gasteiger partial charge in [-0.05, 0) is 24.1 Å². The van der Waals surface area contributed by atoms with Gasteiger partial charge in [-0.25, -0.2) is 4.39 Å². The van der Waals surface area contributed by atoms with Crippen LogP contribution in [0.1, 0.15) is 24.8 Å². The van der Waals surface area contributed by atoms with Crippen molar-refractivity contribution in [3.63, 3.8) is 0 Å². The molecule has 0 aliphatic heterocycles. The number of benzene rings is 1. The highest BCUT2D eigenvalue weighted by atomic mass is 19.1. The predicted molar refractivity (Wildman–Crippen MR) is 57.6 cm³/mol. The molecule has 1 aromatic rings. The molecule has 0 aliphatic carbocycles. The van der Waals surface area contributed by atoms with Crippen LogP contribution in [-0.4, -0.2) is 6.04 Å². The fourth-order valence-electron chi connectivity index (χ4n) is 1.60. The van der Waals surface area contributed by atoms with E-state index in [0.717, 1.165) is 12.0 Å². The van der Waals surface area contributed by atoms with E-state index in [0.29, 0.717) is 0 Å². The van der Waals surface area contributed by atoms with Gasteiger partial charge in [0.25, 0.3) is 0 Å². The summed E-state index contributed by atoms with van der Waals surface area (Å²) in [7, 11) is 0. The van der Waals surface area contributed by atoms with Gasteiger partial charge in [0.1, 0.15) is 5.82 Å². The van der Waals surface area contributed by atoms with Gasteiger partial charge in [0.2, 0.25) is 0 Å². The monoisotopic (exact) mass is 193 g/mol. The Kier molecular flexibility index (Phi) is 3.84. The van der Waals surface area contributed by atoms with Gasteiger partial charge in [0, 0.05) is 12.0 Å². The van der Waals surface area contributed by atoms with Crippen molar-refractivity contribution in [3.8, 4) is 0 Å². The van der Waals surface area contributed by atoms with Gasteiger partial charge >= 0.3 is 0 Å². The Balaban J connectivity index is 2.89. The van der Waals surface area contributed by atoms with E-state index in [1.807, 2.05) is 0 Å². The molecule has 2 N–H and O–H groups in total. The van der Waals surface area contributed by atoms with Crippen molar-refractivity contribution in [2.24, 2.45) is 5.73 Å². The number of nitrogens with two attached hydrogens (primary N) is 1. The highest BCUT2D eigenvalue weighted by molar-refractivity contribution is 5.23. The Morgan fingerprint density at radius 1 is 1.43 bits per heavy atom. The third-order valence-corrected chi connectivity index (χ3v) is 2.47. The van der Waals surface area contributed by atoms with Crippen molar-refractivity contribution in [2.45, 2.75) is 25.3 Å². The third-order valence-electron chi connectivity index (χ3n) is 2.47. The van der Waals surface area contributed by atoms with Crippen LogP contribution in [-0.2, 0) is 0 Å². The zero-order chi connectivity index (χ0) is 10.6. The summed E-state index contributed by atoms with van der Waals surface area (Å²) in [5.74, 6) is 0.0175. The number of hydrogen-bond acceptors (Lipinski definition) is 1. The summed E-state index contributed by atoms with van der Waals surface area (Å²) in [4.78, 5) is 0. The highest BCUT2D eigenvalue weighted by Crippen LogP contribution is 2.22. The van der Waals surface area contributed by atoms with E-state index in [1.54, 1.807) is 18.2 Å². The molecule has 2 atom stereocenters. The average molecular weight is 193 g/mol. The molecule has 0 spiro atoms. The molecule has 0 bridgehead atoms. The van der Waals surface area contributed by atoms with E-state index in [9.17, 15) is 4.39 Å². The Morgan fingerprint density at radius 2 is 2.00 bits per heavy atom. The Bertz CT molecular complexity index is 292. The van der Waals surface area contributed by atoms with Gasteiger partial charge in [-0.15, -0.1) is 6.58 Å². The number of rotatable bonds is 4. The minimum Gasteiger partial charge on any atom is -0.324 e. The molecular weight excluding hydrogens is 177 g/mol. The lowest BCUT2D eigenvalue weighted by molar-refractivity contribution is 0.587. The summed E-state index contributed by atoms with van der Waals surface area (Å²) < 4.78 is 12.7. The largest absolute Gasteiger partial charge is 0.324 e. The minimum absolute atomic E-state index is 0.0644. The summed E-state index contributed by atoms with van der Waals surface area (Å²) >= 11 is 0. The van der Waals surface area contributed by atoms with Crippen molar-refractivity contribution in [3.05, 3.63) is 48.3 Å². The molecule has 1 rings (SSSR count). The molecule has 2 heteroatoms. The maximum Gasteiger partial charge on any atom is 0.123 e. The van der Waals surface area contributed by atoms with Crippen molar-refractivity contribution in [1.82, 2.24) is 0 Å². The van der Waals surface area contributed by atoms with Crippen LogP contribution in [0.3, 0.4) is 0 Å².